The predicted octanol–water partition coefficient (Wildman–Crippen LogP) is 3.76. The number of anilines is 1. The number of esters is 1. The highest BCUT2D eigenvalue weighted by atomic mass is 19.4. The summed E-state index contributed by atoms with van der Waals surface area (Å²) in [6, 6.07) is 15.4. The molecule has 9 heteroatoms. The lowest BCUT2D eigenvalue weighted by Gasteiger charge is -2.08. The number of nitrogens with zero attached hydrogens (tertiary/aromatic N) is 2. The smallest absolute Gasteiger partial charge is 0.425 e. The highest BCUT2D eigenvalue weighted by Gasteiger charge is 2.33. The van der Waals surface area contributed by atoms with E-state index in [1.165, 1.54) is 12.1 Å². The second kappa shape index (κ2) is 7.95. The first-order valence-corrected chi connectivity index (χ1v) is 8.09. The molecule has 0 saturated carbocycles. The van der Waals surface area contributed by atoms with E-state index < -0.39 is 24.4 Å². The molecule has 1 heterocycles. The molecule has 0 atom stereocenters. The molecule has 1 aromatic heterocycles. The molecule has 0 aliphatic heterocycles. The Kier molecular flexibility index (Phi) is 5.44. The van der Waals surface area contributed by atoms with Gasteiger partial charge < -0.3 is 10.1 Å². The average Bonchev–Trinajstić information content (AvgIpc) is 3.13. The van der Waals surface area contributed by atoms with E-state index >= 15 is 0 Å². The molecule has 1 N–H and O–H groups in total. The molecule has 0 radical (unpaired) electrons. The lowest BCUT2D eigenvalue weighted by Crippen LogP contribution is -2.17. The fourth-order valence-electron chi connectivity index (χ4n) is 2.30. The number of aromatic nitrogens is 2. The minimum Gasteiger partial charge on any atom is -0.425 e. The number of halogens is 3. The normalized spacial score (nSPS) is 11.1. The number of carbonyl (C=O) groups is 2. The molecule has 0 bridgehead atoms. The third kappa shape index (κ3) is 4.97. The highest BCUT2D eigenvalue weighted by molar-refractivity contribution is 6.04. The Morgan fingerprint density at radius 1 is 1.00 bits per heavy atom. The van der Waals surface area contributed by atoms with Crippen LogP contribution in [0, 0.1) is 0 Å². The first-order chi connectivity index (χ1) is 13.3. The van der Waals surface area contributed by atoms with Crippen LogP contribution in [0.1, 0.15) is 16.1 Å². The molecule has 0 saturated heterocycles. The molecular formula is C19H14F3N3O3. The van der Waals surface area contributed by atoms with Gasteiger partial charge in [-0.1, -0.05) is 18.2 Å². The van der Waals surface area contributed by atoms with E-state index in [9.17, 15) is 22.8 Å². The van der Waals surface area contributed by atoms with Crippen molar-refractivity contribution in [1.29, 1.82) is 0 Å². The fourth-order valence-corrected chi connectivity index (χ4v) is 2.30. The van der Waals surface area contributed by atoms with Crippen molar-refractivity contribution in [3.63, 3.8) is 0 Å². The van der Waals surface area contributed by atoms with Crippen molar-refractivity contribution in [2.24, 2.45) is 0 Å². The van der Waals surface area contributed by atoms with Gasteiger partial charge in [-0.15, -0.1) is 0 Å². The number of benzene rings is 2. The number of amides is 1. The number of hydrogen-bond donors (Lipinski definition) is 1. The minimum absolute atomic E-state index is 0.186. The zero-order valence-electron chi connectivity index (χ0n) is 14.3. The molecule has 0 unspecified atom stereocenters. The standard InChI is InChI=1S/C19H14F3N3O3/c20-19(21,22)16-10-11-25(24-16)12-17(26)28-15-8-6-14(7-9-15)23-18(27)13-4-2-1-3-5-13/h1-11H,12H2,(H,23,27). The van der Waals surface area contributed by atoms with Crippen molar-refractivity contribution < 1.29 is 27.5 Å². The second-order valence-electron chi connectivity index (χ2n) is 5.71. The lowest BCUT2D eigenvalue weighted by atomic mass is 10.2. The number of carbonyl (C=O) groups excluding carboxylic acids is 2. The number of ether oxygens (including phenoxy) is 1. The third-order valence-electron chi connectivity index (χ3n) is 3.60. The molecule has 144 valence electrons. The van der Waals surface area contributed by atoms with Gasteiger partial charge in [-0.25, -0.2) is 4.79 Å². The number of alkyl halides is 3. The van der Waals surface area contributed by atoms with Gasteiger partial charge in [-0.05, 0) is 42.5 Å². The van der Waals surface area contributed by atoms with Crippen molar-refractivity contribution in [2.45, 2.75) is 12.7 Å². The van der Waals surface area contributed by atoms with Crippen LogP contribution in [-0.2, 0) is 17.5 Å². The first kappa shape index (κ1) is 19.2. The largest absolute Gasteiger partial charge is 0.435 e. The van der Waals surface area contributed by atoms with Gasteiger partial charge in [0.05, 0.1) is 0 Å². The van der Waals surface area contributed by atoms with Crippen LogP contribution in [0.2, 0.25) is 0 Å². The van der Waals surface area contributed by atoms with Crippen molar-refractivity contribution >= 4 is 17.6 Å². The highest BCUT2D eigenvalue weighted by Crippen LogP contribution is 2.27. The van der Waals surface area contributed by atoms with E-state index in [0.717, 1.165) is 16.9 Å². The number of nitrogens with one attached hydrogen (secondary N) is 1. The van der Waals surface area contributed by atoms with E-state index in [1.807, 2.05) is 0 Å². The maximum Gasteiger partial charge on any atom is 0.435 e. The minimum atomic E-state index is -4.57. The second-order valence-corrected chi connectivity index (χ2v) is 5.71. The summed E-state index contributed by atoms with van der Waals surface area (Å²) in [6.45, 7) is -0.470. The van der Waals surface area contributed by atoms with Gasteiger partial charge in [-0.2, -0.15) is 18.3 Å². The van der Waals surface area contributed by atoms with Crippen LogP contribution in [0.3, 0.4) is 0 Å². The third-order valence-corrected chi connectivity index (χ3v) is 3.60. The SMILES string of the molecule is O=C(Cn1ccc(C(F)(F)F)n1)Oc1ccc(NC(=O)c2ccccc2)cc1. The summed E-state index contributed by atoms with van der Waals surface area (Å²) in [5.41, 5.74) is -0.0928. The van der Waals surface area contributed by atoms with Crippen LogP contribution in [0.4, 0.5) is 18.9 Å². The molecule has 6 nitrogen and oxygen atoms in total. The van der Waals surface area contributed by atoms with Gasteiger partial charge in [0.1, 0.15) is 12.3 Å². The Morgan fingerprint density at radius 2 is 1.68 bits per heavy atom. The molecule has 0 spiro atoms. The summed E-state index contributed by atoms with van der Waals surface area (Å²) < 4.78 is 43.4. The summed E-state index contributed by atoms with van der Waals surface area (Å²) in [5, 5.41) is 5.98. The lowest BCUT2D eigenvalue weighted by molar-refractivity contribution is -0.142. The molecule has 2 aromatic carbocycles. The topological polar surface area (TPSA) is 73.2 Å². The van der Waals surface area contributed by atoms with Gasteiger partial charge >= 0.3 is 12.1 Å². The van der Waals surface area contributed by atoms with E-state index in [4.69, 9.17) is 4.74 Å². The van der Waals surface area contributed by atoms with Crippen LogP contribution >= 0.6 is 0 Å². The fraction of sp³-hybridized carbons (Fsp3) is 0.105. The molecule has 1 amide bonds. The van der Waals surface area contributed by atoms with Gasteiger partial charge in [0.2, 0.25) is 0 Å². The average molecular weight is 389 g/mol. The monoisotopic (exact) mass is 389 g/mol. The summed E-state index contributed by atoms with van der Waals surface area (Å²) in [4.78, 5) is 23.9. The maximum absolute atomic E-state index is 12.5. The van der Waals surface area contributed by atoms with Gasteiger partial charge in [0.15, 0.2) is 5.69 Å². The van der Waals surface area contributed by atoms with Crippen LogP contribution in [0.15, 0.2) is 66.9 Å². The molecule has 0 aliphatic rings. The molecule has 0 aliphatic carbocycles. The summed E-state index contributed by atoms with van der Waals surface area (Å²) >= 11 is 0. The summed E-state index contributed by atoms with van der Waals surface area (Å²) in [7, 11) is 0. The van der Waals surface area contributed by atoms with Crippen LogP contribution in [0.25, 0.3) is 0 Å². The summed E-state index contributed by atoms with van der Waals surface area (Å²) in [5.74, 6) is -0.881. The molecular weight excluding hydrogens is 375 g/mol. The molecule has 0 fully saturated rings. The quantitative estimate of drug-likeness (QED) is 0.533. The number of hydrogen-bond acceptors (Lipinski definition) is 4. The van der Waals surface area contributed by atoms with Crippen molar-refractivity contribution in [1.82, 2.24) is 9.78 Å². The van der Waals surface area contributed by atoms with Crippen LogP contribution < -0.4 is 10.1 Å². The van der Waals surface area contributed by atoms with Gasteiger partial charge in [0, 0.05) is 17.4 Å². The number of rotatable bonds is 5. The predicted molar refractivity (Wildman–Crippen MR) is 93.7 cm³/mol. The van der Waals surface area contributed by atoms with E-state index in [-0.39, 0.29) is 11.7 Å². The Hall–Kier alpha value is -3.62. The Bertz CT molecular complexity index is 967. The van der Waals surface area contributed by atoms with Crippen LogP contribution in [0.5, 0.6) is 5.75 Å². The zero-order chi connectivity index (χ0) is 20.1. The first-order valence-electron chi connectivity index (χ1n) is 8.09. The van der Waals surface area contributed by atoms with Crippen molar-refractivity contribution in [3.8, 4) is 5.75 Å². The van der Waals surface area contributed by atoms with Crippen molar-refractivity contribution in [2.75, 3.05) is 5.32 Å². The Labute approximate surface area is 157 Å². The van der Waals surface area contributed by atoms with Gasteiger partial charge in [-0.3, -0.25) is 9.48 Å². The molecule has 3 aromatic rings. The Balaban J connectivity index is 1.56. The summed E-state index contributed by atoms with van der Waals surface area (Å²) in [6.07, 6.45) is -3.53. The van der Waals surface area contributed by atoms with E-state index in [0.29, 0.717) is 11.3 Å². The van der Waals surface area contributed by atoms with E-state index in [2.05, 4.69) is 10.4 Å². The van der Waals surface area contributed by atoms with Crippen molar-refractivity contribution in [3.05, 3.63) is 78.1 Å². The molecule has 3 rings (SSSR count). The van der Waals surface area contributed by atoms with Crippen LogP contribution in [-0.4, -0.2) is 21.7 Å². The molecule has 28 heavy (non-hydrogen) atoms. The van der Waals surface area contributed by atoms with Gasteiger partial charge in [0.25, 0.3) is 5.91 Å². The van der Waals surface area contributed by atoms with E-state index in [1.54, 1.807) is 42.5 Å². The Morgan fingerprint density at radius 3 is 2.29 bits per heavy atom. The maximum atomic E-state index is 12.5. The zero-order valence-corrected chi connectivity index (χ0v) is 14.3.